The number of aromatic hydroxyl groups is 1. The summed E-state index contributed by atoms with van der Waals surface area (Å²) < 4.78 is 10.7. The zero-order valence-electron chi connectivity index (χ0n) is 17.7. The summed E-state index contributed by atoms with van der Waals surface area (Å²) >= 11 is 0. The molecule has 0 aliphatic rings. The zero-order valence-corrected chi connectivity index (χ0v) is 17.7. The lowest BCUT2D eigenvalue weighted by atomic mass is 10.0. The molecule has 2 aromatic heterocycles. The number of phenols is 1. The molecule has 0 unspecified atom stereocenters. The molecule has 0 spiro atoms. The number of aromatic amines is 1. The molecule has 2 aromatic carbocycles. The maximum absolute atomic E-state index is 12.5. The quantitative estimate of drug-likeness (QED) is 0.414. The molecule has 4 rings (SSSR count). The molecule has 0 aliphatic heterocycles. The highest BCUT2D eigenvalue weighted by Crippen LogP contribution is 2.28. The predicted molar refractivity (Wildman–Crippen MR) is 119 cm³/mol. The van der Waals surface area contributed by atoms with Crippen LogP contribution >= 0.6 is 0 Å². The molecule has 0 atom stereocenters. The van der Waals surface area contributed by atoms with Crippen molar-refractivity contribution in [3.8, 4) is 11.5 Å². The van der Waals surface area contributed by atoms with E-state index in [9.17, 15) is 14.7 Å². The van der Waals surface area contributed by atoms with Crippen LogP contribution in [0.15, 0.2) is 45.7 Å². The van der Waals surface area contributed by atoms with E-state index in [2.05, 4.69) is 10.3 Å². The number of hydrogen-bond acceptors (Lipinski definition) is 5. The topological polar surface area (TPSA) is 105 Å². The lowest BCUT2D eigenvalue weighted by Gasteiger charge is -2.10. The minimum Gasteiger partial charge on any atom is -0.508 e. The van der Waals surface area contributed by atoms with Crippen LogP contribution in [0.2, 0.25) is 0 Å². The van der Waals surface area contributed by atoms with Gasteiger partial charge in [0, 0.05) is 34.6 Å². The number of ether oxygens (including phenoxy) is 1. The summed E-state index contributed by atoms with van der Waals surface area (Å²) in [5.41, 5.74) is 3.39. The van der Waals surface area contributed by atoms with E-state index in [0.29, 0.717) is 40.6 Å². The summed E-state index contributed by atoms with van der Waals surface area (Å²) in [5, 5.41) is 14.5. The summed E-state index contributed by atoms with van der Waals surface area (Å²) in [6, 6.07) is 9.07. The third-order valence-corrected chi connectivity index (χ3v) is 5.70. The van der Waals surface area contributed by atoms with E-state index in [4.69, 9.17) is 9.15 Å². The lowest BCUT2D eigenvalue weighted by Crippen LogP contribution is -2.29. The highest BCUT2D eigenvalue weighted by molar-refractivity contribution is 5.87. The number of aryl methyl sites for hydroxylation is 2. The van der Waals surface area contributed by atoms with Crippen LogP contribution in [0.1, 0.15) is 22.3 Å². The van der Waals surface area contributed by atoms with Crippen molar-refractivity contribution >= 4 is 27.8 Å². The van der Waals surface area contributed by atoms with Crippen LogP contribution in [0.4, 0.5) is 0 Å². The Bertz CT molecular complexity index is 1350. The minimum absolute atomic E-state index is 0.0638. The van der Waals surface area contributed by atoms with Crippen LogP contribution in [0, 0.1) is 13.8 Å². The number of carbonyl (C=O) groups excluding carboxylic acids is 1. The number of aromatic nitrogens is 1. The fourth-order valence-corrected chi connectivity index (χ4v) is 3.83. The highest BCUT2D eigenvalue weighted by atomic mass is 16.5. The Morgan fingerprint density at radius 1 is 1.16 bits per heavy atom. The van der Waals surface area contributed by atoms with Crippen molar-refractivity contribution in [3.63, 3.8) is 0 Å². The minimum atomic E-state index is -0.558. The molecular formula is C24H24N2O5. The second-order valence-corrected chi connectivity index (χ2v) is 7.58. The first-order valence-electron chi connectivity index (χ1n) is 10.0. The van der Waals surface area contributed by atoms with Gasteiger partial charge in [-0.3, -0.25) is 4.79 Å². The van der Waals surface area contributed by atoms with Crippen molar-refractivity contribution in [2.45, 2.75) is 26.7 Å². The number of rotatable bonds is 6. The summed E-state index contributed by atoms with van der Waals surface area (Å²) in [7, 11) is 1.63. The molecule has 160 valence electrons. The number of fused-ring (bicyclic) bond motifs is 2. The second kappa shape index (κ2) is 8.18. The number of benzene rings is 2. The first-order chi connectivity index (χ1) is 14.9. The Kier molecular flexibility index (Phi) is 5.42. The van der Waals surface area contributed by atoms with Crippen LogP contribution in [-0.2, 0) is 17.6 Å². The van der Waals surface area contributed by atoms with Gasteiger partial charge in [-0.25, -0.2) is 4.79 Å². The first-order valence-corrected chi connectivity index (χ1v) is 10.0. The van der Waals surface area contributed by atoms with Gasteiger partial charge in [-0.05, 0) is 61.7 Å². The van der Waals surface area contributed by atoms with Crippen molar-refractivity contribution in [1.29, 1.82) is 0 Å². The maximum atomic E-state index is 12.5. The SMILES string of the molecule is COc1ccc2[nH]cc(CCNC(=O)Cc3c(C)c4ccc(O)c(C)c4oc3=O)c2c1. The highest BCUT2D eigenvalue weighted by Gasteiger charge is 2.17. The summed E-state index contributed by atoms with van der Waals surface area (Å²) in [5.74, 6) is 0.595. The summed E-state index contributed by atoms with van der Waals surface area (Å²) in [6.45, 7) is 3.92. The van der Waals surface area contributed by atoms with Crippen molar-refractivity contribution in [2.75, 3.05) is 13.7 Å². The number of H-pyrrole nitrogens is 1. The van der Waals surface area contributed by atoms with E-state index in [1.54, 1.807) is 33.1 Å². The van der Waals surface area contributed by atoms with Crippen molar-refractivity contribution in [2.24, 2.45) is 0 Å². The van der Waals surface area contributed by atoms with Crippen LogP contribution in [-0.4, -0.2) is 29.7 Å². The molecule has 0 bridgehead atoms. The average Bonchev–Trinajstić information content (AvgIpc) is 3.16. The smallest absolute Gasteiger partial charge is 0.340 e. The number of methoxy groups -OCH3 is 1. The van der Waals surface area contributed by atoms with Gasteiger partial charge in [-0.2, -0.15) is 0 Å². The van der Waals surface area contributed by atoms with Gasteiger partial charge in [0.05, 0.1) is 19.1 Å². The van der Waals surface area contributed by atoms with Crippen LogP contribution in [0.3, 0.4) is 0 Å². The van der Waals surface area contributed by atoms with Crippen LogP contribution < -0.4 is 15.7 Å². The molecular weight excluding hydrogens is 396 g/mol. The zero-order chi connectivity index (χ0) is 22.1. The molecule has 3 N–H and O–H groups in total. The van der Waals surface area contributed by atoms with Gasteiger partial charge in [-0.1, -0.05) is 0 Å². The van der Waals surface area contributed by atoms with Crippen LogP contribution in [0.25, 0.3) is 21.9 Å². The largest absolute Gasteiger partial charge is 0.508 e. The molecule has 31 heavy (non-hydrogen) atoms. The molecule has 7 heteroatoms. The second-order valence-electron chi connectivity index (χ2n) is 7.58. The third-order valence-electron chi connectivity index (χ3n) is 5.70. The summed E-state index contributed by atoms with van der Waals surface area (Å²) in [6.07, 6.45) is 2.50. The van der Waals surface area contributed by atoms with Crippen molar-refractivity contribution in [3.05, 3.63) is 69.2 Å². The molecule has 0 radical (unpaired) electrons. The van der Waals surface area contributed by atoms with Gasteiger partial charge in [0.15, 0.2) is 0 Å². The van der Waals surface area contributed by atoms with E-state index in [-0.39, 0.29) is 18.1 Å². The predicted octanol–water partition coefficient (Wildman–Crippen LogP) is 3.51. The third kappa shape index (κ3) is 3.86. The molecule has 1 amide bonds. The Morgan fingerprint density at radius 3 is 2.74 bits per heavy atom. The standard InChI is InChI=1S/C24H24N2O5/c1-13-17-5-7-21(27)14(2)23(17)31-24(29)18(13)11-22(28)25-9-8-15-12-26-20-6-4-16(30-3)10-19(15)20/h4-7,10,12,26-27H,8-9,11H2,1-3H3,(H,25,28). The van der Waals surface area contributed by atoms with E-state index >= 15 is 0 Å². The van der Waals surface area contributed by atoms with Gasteiger partial charge >= 0.3 is 5.63 Å². The molecule has 0 saturated carbocycles. The Balaban J connectivity index is 1.47. The van der Waals surface area contributed by atoms with E-state index < -0.39 is 5.63 Å². The average molecular weight is 420 g/mol. The first kappa shape index (κ1) is 20.5. The Morgan fingerprint density at radius 2 is 1.97 bits per heavy atom. The molecule has 0 fully saturated rings. The Labute approximate surface area is 178 Å². The Hall–Kier alpha value is -3.74. The van der Waals surface area contributed by atoms with E-state index in [0.717, 1.165) is 22.2 Å². The fraction of sp³-hybridized carbons (Fsp3) is 0.250. The monoisotopic (exact) mass is 420 g/mol. The number of carbonyl (C=O) groups is 1. The molecule has 4 aromatic rings. The molecule has 0 saturated heterocycles. The normalized spacial score (nSPS) is 11.2. The van der Waals surface area contributed by atoms with E-state index in [1.165, 1.54) is 0 Å². The van der Waals surface area contributed by atoms with Gasteiger partial charge in [0.2, 0.25) is 5.91 Å². The summed E-state index contributed by atoms with van der Waals surface area (Å²) in [4.78, 5) is 28.2. The molecule has 0 aliphatic carbocycles. The molecule has 7 nitrogen and oxygen atoms in total. The number of nitrogens with one attached hydrogen (secondary N) is 2. The fourth-order valence-electron chi connectivity index (χ4n) is 3.83. The number of amides is 1. The van der Waals surface area contributed by atoms with Crippen molar-refractivity contribution in [1.82, 2.24) is 10.3 Å². The number of hydrogen-bond donors (Lipinski definition) is 3. The van der Waals surface area contributed by atoms with Gasteiger partial charge in [-0.15, -0.1) is 0 Å². The van der Waals surface area contributed by atoms with E-state index in [1.807, 2.05) is 24.4 Å². The van der Waals surface area contributed by atoms with Gasteiger partial charge in [0.1, 0.15) is 17.1 Å². The van der Waals surface area contributed by atoms with Gasteiger partial charge < -0.3 is 24.6 Å². The maximum Gasteiger partial charge on any atom is 0.340 e. The van der Waals surface area contributed by atoms with Gasteiger partial charge in [0.25, 0.3) is 0 Å². The molecule has 2 heterocycles. The van der Waals surface area contributed by atoms with Crippen LogP contribution in [0.5, 0.6) is 11.5 Å². The van der Waals surface area contributed by atoms with Crippen molar-refractivity contribution < 1.29 is 19.1 Å². The lowest BCUT2D eigenvalue weighted by molar-refractivity contribution is -0.120. The number of phenolic OH excluding ortho intramolecular Hbond substituents is 1.